The van der Waals surface area contributed by atoms with Crippen LogP contribution in [-0.2, 0) is 6.54 Å². The van der Waals surface area contributed by atoms with Crippen LogP contribution in [0.1, 0.15) is 22.8 Å². The monoisotopic (exact) mass is 360 g/mol. The highest BCUT2D eigenvalue weighted by Crippen LogP contribution is 2.18. The highest BCUT2D eigenvalue weighted by Gasteiger charge is 2.12. The molecule has 3 aromatic rings. The molecule has 1 atom stereocenters. The number of amides is 1. The minimum absolute atomic E-state index is 0.134. The number of hydrogen-bond donors (Lipinski definition) is 2. The molecule has 0 radical (unpaired) electrons. The van der Waals surface area contributed by atoms with Crippen LogP contribution in [0.15, 0.2) is 84.9 Å². The van der Waals surface area contributed by atoms with Crippen LogP contribution >= 0.6 is 0 Å². The Morgan fingerprint density at radius 1 is 0.963 bits per heavy atom. The predicted octanol–water partition coefficient (Wildman–Crippen LogP) is 4.33. The first-order chi connectivity index (χ1) is 13.1. The lowest BCUT2D eigenvalue weighted by atomic mass is 10.1. The molecule has 3 rings (SSSR count). The second-order valence-electron chi connectivity index (χ2n) is 6.59. The van der Waals surface area contributed by atoms with Gasteiger partial charge in [-0.25, -0.2) is 0 Å². The molecule has 0 aliphatic carbocycles. The molecule has 0 aliphatic rings. The van der Waals surface area contributed by atoms with Gasteiger partial charge in [-0.1, -0.05) is 48.5 Å². The van der Waals surface area contributed by atoms with E-state index >= 15 is 0 Å². The minimum atomic E-state index is -0.449. The third kappa shape index (κ3) is 5.43. The molecule has 0 aromatic heterocycles. The van der Waals surface area contributed by atoms with Crippen molar-refractivity contribution in [2.45, 2.75) is 19.6 Å². The summed E-state index contributed by atoms with van der Waals surface area (Å²) in [5.41, 5.74) is 3.44. The van der Waals surface area contributed by atoms with Crippen LogP contribution in [0.4, 0.5) is 11.4 Å². The Morgan fingerprint density at radius 3 is 2.30 bits per heavy atom. The van der Waals surface area contributed by atoms with E-state index in [1.165, 1.54) is 0 Å². The molecule has 0 saturated carbocycles. The summed E-state index contributed by atoms with van der Waals surface area (Å²) in [6.45, 7) is 2.91. The highest BCUT2D eigenvalue weighted by molar-refractivity contribution is 6.04. The lowest BCUT2D eigenvalue weighted by molar-refractivity contribution is 0.102. The van der Waals surface area contributed by atoms with Crippen molar-refractivity contribution >= 4 is 17.3 Å². The number of aliphatic hydroxyl groups is 1. The number of rotatable bonds is 7. The Bertz CT molecular complexity index is 864. The van der Waals surface area contributed by atoms with Crippen LogP contribution in [0, 0.1) is 0 Å². The van der Waals surface area contributed by atoms with E-state index in [2.05, 4.69) is 10.2 Å². The smallest absolute Gasteiger partial charge is 0.255 e. The van der Waals surface area contributed by atoms with Gasteiger partial charge in [-0.3, -0.25) is 4.79 Å². The lowest BCUT2D eigenvalue weighted by Crippen LogP contribution is -2.30. The maximum atomic E-state index is 12.5. The molecule has 3 aromatic carbocycles. The van der Waals surface area contributed by atoms with Crippen molar-refractivity contribution in [3.05, 3.63) is 96.1 Å². The van der Waals surface area contributed by atoms with E-state index < -0.39 is 6.10 Å². The molecule has 0 spiro atoms. The van der Waals surface area contributed by atoms with Gasteiger partial charge in [0.05, 0.1) is 6.10 Å². The number of hydrogen-bond acceptors (Lipinski definition) is 3. The van der Waals surface area contributed by atoms with Crippen LogP contribution in [-0.4, -0.2) is 23.7 Å². The molecule has 27 heavy (non-hydrogen) atoms. The average molecular weight is 360 g/mol. The standard InChI is InChI=1S/C23H24N2O2/c1-18(26)16-25(22-13-6-3-7-14-22)17-19-9-8-10-20(15-19)23(27)24-21-11-4-2-5-12-21/h2-15,18,26H,16-17H2,1H3,(H,24,27). The average Bonchev–Trinajstić information content (AvgIpc) is 2.69. The van der Waals surface area contributed by atoms with E-state index in [9.17, 15) is 9.90 Å². The molecule has 4 heteroatoms. The van der Waals surface area contributed by atoms with Crippen molar-refractivity contribution in [1.29, 1.82) is 0 Å². The zero-order valence-electron chi connectivity index (χ0n) is 15.4. The van der Waals surface area contributed by atoms with Gasteiger partial charge in [0.1, 0.15) is 0 Å². The summed E-state index contributed by atoms with van der Waals surface area (Å²) >= 11 is 0. The molecule has 0 fully saturated rings. The van der Waals surface area contributed by atoms with E-state index in [0.717, 1.165) is 16.9 Å². The molecule has 1 unspecified atom stereocenters. The van der Waals surface area contributed by atoms with Crippen LogP contribution in [0.3, 0.4) is 0 Å². The van der Waals surface area contributed by atoms with Crippen LogP contribution < -0.4 is 10.2 Å². The van der Waals surface area contributed by atoms with Gasteiger partial charge in [-0.05, 0) is 48.9 Å². The SMILES string of the molecule is CC(O)CN(Cc1cccc(C(=O)Nc2ccccc2)c1)c1ccccc1. The van der Waals surface area contributed by atoms with Gasteiger partial charge in [-0.15, -0.1) is 0 Å². The third-order valence-corrected chi connectivity index (χ3v) is 4.20. The number of carbonyl (C=O) groups is 1. The maximum Gasteiger partial charge on any atom is 0.255 e. The normalized spacial score (nSPS) is 11.6. The number of nitrogens with zero attached hydrogens (tertiary/aromatic N) is 1. The lowest BCUT2D eigenvalue weighted by Gasteiger charge is -2.26. The van der Waals surface area contributed by atoms with Crippen LogP contribution in [0.5, 0.6) is 0 Å². The Hall–Kier alpha value is -3.11. The van der Waals surface area contributed by atoms with Crippen LogP contribution in [0.25, 0.3) is 0 Å². The van der Waals surface area contributed by atoms with E-state index in [1.807, 2.05) is 84.9 Å². The number of anilines is 2. The molecule has 4 nitrogen and oxygen atoms in total. The summed E-state index contributed by atoms with van der Waals surface area (Å²) in [5, 5.41) is 12.8. The zero-order valence-corrected chi connectivity index (χ0v) is 15.4. The summed E-state index contributed by atoms with van der Waals surface area (Å²) in [4.78, 5) is 14.6. The largest absolute Gasteiger partial charge is 0.392 e. The third-order valence-electron chi connectivity index (χ3n) is 4.20. The maximum absolute atomic E-state index is 12.5. The van der Waals surface area contributed by atoms with Crippen molar-refractivity contribution in [3.8, 4) is 0 Å². The second-order valence-corrected chi connectivity index (χ2v) is 6.59. The fourth-order valence-corrected chi connectivity index (χ4v) is 2.98. The van der Waals surface area contributed by atoms with Gasteiger partial charge in [0.2, 0.25) is 0 Å². The summed E-state index contributed by atoms with van der Waals surface area (Å²) in [7, 11) is 0. The van der Waals surface area contributed by atoms with Gasteiger partial charge in [0, 0.05) is 30.0 Å². The number of carbonyl (C=O) groups excluding carboxylic acids is 1. The minimum Gasteiger partial charge on any atom is -0.392 e. The van der Waals surface area contributed by atoms with Gasteiger partial charge in [0.15, 0.2) is 0 Å². The summed E-state index contributed by atoms with van der Waals surface area (Å²) < 4.78 is 0. The molecular formula is C23H24N2O2. The predicted molar refractivity (Wildman–Crippen MR) is 110 cm³/mol. The first-order valence-electron chi connectivity index (χ1n) is 9.05. The fraction of sp³-hybridized carbons (Fsp3) is 0.174. The molecule has 1 amide bonds. The van der Waals surface area contributed by atoms with E-state index in [1.54, 1.807) is 6.92 Å². The molecule has 0 aliphatic heterocycles. The first kappa shape index (κ1) is 18.7. The number of para-hydroxylation sites is 2. The Labute approximate surface area is 160 Å². The fourth-order valence-electron chi connectivity index (χ4n) is 2.98. The summed E-state index contributed by atoms with van der Waals surface area (Å²) in [6, 6.07) is 27.0. The number of nitrogens with one attached hydrogen (secondary N) is 1. The first-order valence-corrected chi connectivity index (χ1v) is 9.05. The van der Waals surface area contributed by atoms with Crippen molar-refractivity contribution in [2.24, 2.45) is 0 Å². The Morgan fingerprint density at radius 2 is 1.63 bits per heavy atom. The van der Waals surface area contributed by atoms with E-state index in [4.69, 9.17) is 0 Å². The molecular weight excluding hydrogens is 336 g/mol. The second kappa shape index (κ2) is 9.01. The molecule has 0 bridgehead atoms. The van der Waals surface area contributed by atoms with Crippen molar-refractivity contribution < 1.29 is 9.90 Å². The Kier molecular flexibility index (Phi) is 6.23. The molecule has 138 valence electrons. The van der Waals surface area contributed by atoms with Crippen molar-refractivity contribution in [1.82, 2.24) is 0 Å². The van der Waals surface area contributed by atoms with Gasteiger partial charge < -0.3 is 15.3 Å². The Balaban J connectivity index is 1.76. The number of benzene rings is 3. The quantitative estimate of drug-likeness (QED) is 0.659. The zero-order chi connectivity index (χ0) is 19.1. The molecule has 2 N–H and O–H groups in total. The van der Waals surface area contributed by atoms with Gasteiger partial charge >= 0.3 is 0 Å². The summed E-state index contributed by atoms with van der Waals surface area (Å²) in [5.74, 6) is -0.134. The molecule has 0 saturated heterocycles. The van der Waals surface area contributed by atoms with Gasteiger partial charge in [0.25, 0.3) is 5.91 Å². The van der Waals surface area contributed by atoms with Crippen molar-refractivity contribution in [3.63, 3.8) is 0 Å². The van der Waals surface area contributed by atoms with Crippen molar-refractivity contribution in [2.75, 3.05) is 16.8 Å². The van der Waals surface area contributed by atoms with Gasteiger partial charge in [-0.2, -0.15) is 0 Å². The molecule has 0 heterocycles. The summed E-state index contributed by atoms with van der Waals surface area (Å²) in [6.07, 6.45) is -0.449. The number of aliphatic hydroxyl groups excluding tert-OH is 1. The van der Waals surface area contributed by atoms with E-state index in [-0.39, 0.29) is 5.91 Å². The topological polar surface area (TPSA) is 52.6 Å². The highest BCUT2D eigenvalue weighted by atomic mass is 16.3. The van der Waals surface area contributed by atoms with E-state index in [0.29, 0.717) is 18.7 Å². The van der Waals surface area contributed by atoms with Crippen LogP contribution in [0.2, 0.25) is 0 Å².